The lowest BCUT2D eigenvalue weighted by atomic mass is 10.1. The third kappa shape index (κ3) is 4.60. The smallest absolute Gasteiger partial charge is 0.253 e. The molecule has 1 unspecified atom stereocenters. The normalized spacial score (nSPS) is 18.8. The molecule has 0 saturated carbocycles. The zero-order chi connectivity index (χ0) is 23.9. The molecule has 2 aromatic carbocycles. The summed E-state index contributed by atoms with van der Waals surface area (Å²) in [6.07, 6.45) is 1.85. The van der Waals surface area contributed by atoms with Crippen molar-refractivity contribution >= 4 is 33.0 Å². The lowest BCUT2D eigenvalue weighted by Crippen LogP contribution is -2.48. The Morgan fingerprint density at radius 3 is 2.53 bits per heavy atom. The number of hydrogen-bond donors (Lipinski definition) is 0. The average molecular weight is 497 g/mol. The molecule has 2 aliphatic heterocycles. The van der Waals surface area contributed by atoms with Gasteiger partial charge in [0.1, 0.15) is 5.01 Å². The van der Waals surface area contributed by atoms with Crippen LogP contribution in [0.25, 0.3) is 10.6 Å². The van der Waals surface area contributed by atoms with Gasteiger partial charge in [-0.2, -0.15) is 0 Å². The zero-order valence-corrected chi connectivity index (χ0v) is 21.0. The van der Waals surface area contributed by atoms with E-state index in [0.29, 0.717) is 30.8 Å². The quantitative estimate of drug-likeness (QED) is 0.541. The Bertz CT molecular complexity index is 1300. The standard InChI is InChI=1S/C25H28N4O3S2/c1-18-14-21-15-20(8-9-23(21)29(18)34(2,31)32)25(30)28-12-10-27(11-13-28)16-22-17-33-24(26-22)19-6-4-3-5-7-19/h3-9,15,17-18H,10-14,16H2,1-2H3. The van der Waals surface area contributed by atoms with Gasteiger partial charge in [0.25, 0.3) is 5.91 Å². The first-order valence-electron chi connectivity index (χ1n) is 11.4. The van der Waals surface area contributed by atoms with E-state index in [1.807, 2.05) is 36.1 Å². The van der Waals surface area contributed by atoms with Crippen molar-refractivity contribution in [2.24, 2.45) is 0 Å². The SMILES string of the molecule is CC1Cc2cc(C(=O)N3CCN(Cc4csc(-c5ccccc5)n4)CC3)ccc2N1S(C)(=O)=O. The van der Waals surface area contributed by atoms with Gasteiger partial charge in [-0.15, -0.1) is 11.3 Å². The molecule has 0 N–H and O–H groups in total. The second kappa shape index (κ2) is 9.13. The molecular formula is C25H28N4O3S2. The van der Waals surface area contributed by atoms with Gasteiger partial charge in [-0.25, -0.2) is 13.4 Å². The molecule has 34 heavy (non-hydrogen) atoms. The van der Waals surface area contributed by atoms with Crippen LogP contribution in [0.4, 0.5) is 5.69 Å². The minimum absolute atomic E-state index is 0.00734. The predicted octanol–water partition coefficient (Wildman–Crippen LogP) is 3.48. The molecule has 178 valence electrons. The molecule has 1 amide bonds. The van der Waals surface area contributed by atoms with Gasteiger partial charge in [0.15, 0.2) is 0 Å². The molecule has 1 saturated heterocycles. The van der Waals surface area contributed by atoms with E-state index in [1.54, 1.807) is 23.5 Å². The van der Waals surface area contributed by atoms with Crippen molar-refractivity contribution in [2.45, 2.75) is 25.9 Å². The number of sulfonamides is 1. The minimum Gasteiger partial charge on any atom is -0.336 e. The van der Waals surface area contributed by atoms with Gasteiger partial charge in [0, 0.05) is 55.3 Å². The van der Waals surface area contributed by atoms with Crippen molar-refractivity contribution in [3.05, 3.63) is 70.7 Å². The fraction of sp³-hybridized carbons (Fsp3) is 0.360. The molecule has 1 fully saturated rings. The van der Waals surface area contributed by atoms with E-state index in [1.165, 1.54) is 10.6 Å². The van der Waals surface area contributed by atoms with Crippen LogP contribution in [0.2, 0.25) is 0 Å². The van der Waals surface area contributed by atoms with Crippen molar-refractivity contribution in [2.75, 3.05) is 36.7 Å². The first-order chi connectivity index (χ1) is 16.3. The van der Waals surface area contributed by atoms with E-state index in [-0.39, 0.29) is 11.9 Å². The highest BCUT2D eigenvalue weighted by Gasteiger charge is 2.33. The second-order valence-corrected chi connectivity index (χ2v) is 11.8. The lowest BCUT2D eigenvalue weighted by Gasteiger charge is -2.34. The Balaban J connectivity index is 1.20. The molecule has 3 heterocycles. The van der Waals surface area contributed by atoms with Crippen LogP contribution in [0.3, 0.4) is 0 Å². The van der Waals surface area contributed by atoms with Crippen molar-refractivity contribution in [1.82, 2.24) is 14.8 Å². The Morgan fingerprint density at radius 1 is 1.09 bits per heavy atom. The maximum Gasteiger partial charge on any atom is 0.253 e. The molecule has 0 bridgehead atoms. The number of hydrogen-bond acceptors (Lipinski definition) is 6. The molecule has 1 atom stereocenters. The Hall–Kier alpha value is -2.75. The minimum atomic E-state index is -3.34. The number of nitrogens with zero attached hydrogens (tertiary/aromatic N) is 4. The van der Waals surface area contributed by atoms with Crippen LogP contribution in [0.1, 0.15) is 28.5 Å². The number of fused-ring (bicyclic) bond motifs is 1. The molecule has 3 aromatic rings. The van der Waals surface area contributed by atoms with Gasteiger partial charge < -0.3 is 4.90 Å². The van der Waals surface area contributed by atoms with E-state index in [2.05, 4.69) is 22.4 Å². The number of carbonyl (C=O) groups is 1. The van der Waals surface area contributed by atoms with E-state index >= 15 is 0 Å². The molecule has 9 heteroatoms. The molecule has 0 radical (unpaired) electrons. The van der Waals surface area contributed by atoms with Gasteiger partial charge in [-0.3, -0.25) is 14.0 Å². The molecule has 5 rings (SSSR count). The predicted molar refractivity (Wildman–Crippen MR) is 136 cm³/mol. The maximum absolute atomic E-state index is 13.1. The molecule has 1 aromatic heterocycles. The van der Waals surface area contributed by atoms with Gasteiger partial charge in [0.05, 0.1) is 17.6 Å². The fourth-order valence-electron chi connectivity index (χ4n) is 4.85. The monoisotopic (exact) mass is 496 g/mol. The van der Waals surface area contributed by atoms with Crippen LogP contribution in [-0.4, -0.2) is 67.6 Å². The van der Waals surface area contributed by atoms with Crippen molar-refractivity contribution in [1.29, 1.82) is 0 Å². The number of aromatic nitrogens is 1. The summed E-state index contributed by atoms with van der Waals surface area (Å²) in [5, 5.41) is 3.15. The molecular weight excluding hydrogens is 468 g/mol. The number of piperazine rings is 1. The summed E-state index contributed by atoms with van der Waals surface area (Å²) in [6.45, 7) is 5.60. The van der Waals surface area contributed by atoms with Crippen LogP contribution >= 0.6 is 11.3 Å². The van der Waals surface area contributed by atoms with Gasteiger partial charge in [-0.1, -0.05) is 30.3 Å². The third-order valence-electron chi connectivity index (χ3n) is 6.45. The molecule has 0 aliphatic carbocycles. The Kier molecular flexibility index (Phi) is 6.18. The number of amides is 1. The fourth-order valence-corrected chi connectivity index (χ4v) is 6.94. The van der Waals surface area contributed by atoms with Crippen LogP contribution < -0.4 is 4.31 Å². The highest BCUT2D eigenvalue weighted by Crippen LogP contribution is 2.35. The number of carbonyl (C=O) groups excluding carboxylic acids is 1. The van der Waals surface area contributed by atoms with Crippen molar-refractivity contribution < 1.29 is 13.2 Å². The van der Waals surface area contributed by atoms with E-state index in [0.717, 1.165) is 41.5 Å². The zero-order valence-electron chi connectivity index (χ0n) is 19.3. The summed E-state index contributed by atoms with van der Waals surface area (Å²) in [7, 11) is -3.34. The van der Waals surface area contributed by atoms with Crippen LogP contribution in [0, 0.1) is 0 Å². The summed E-state index contributed by atoms with van der Waals surface area (Å²) in [6, 6.07) is 15.5. The summed E-state index contributed by atoms with van der Waals surface area (Å²) >= 11 is 1.66. The maximum atomic E-state index is 13.1. The van der Waals surface area contributed by atoms with Crippen LogP contribution in [0.15, 0.2) is 53.9 Å². The Morgan fingerprint density at radius 2 is 1.82 bits per heavy atom. The lowest BCUT2D eigenvalue weighted by molar-refractivity contribution is 0.0627. The second-order valence-electron chi connectivity index (χ2n) is 9.03. The van der Waals surface area contributed by atoms with E-state index in [4.69, 9.17) is 4.98 Å². The van der Waals surface area contributed by atoms with E-state index in [9.17, 15) is 13.2 Å². The van der Waals surface area contributed by atoms with Crippen molar-refractivity contribution in [3.63, 3.8) is 0 Å². The first kappa shape index (κ1) is 23.0. The van der Waals surface area contributed by atoms with Crippen LogP contribution in [0.5, 0.6) is 0 Å². The largest absolute Gasteiger partial charge is 0.336 e. The molecule has 0 spiro atoms. The van der Waals surface area contributed by atoms with E-state index < -0.39 is 10.0 Å². The van der Waals surface area contributed by atoms with Crippen LogP contribution in [-0.2, 0) is 23.0 Å². The number of rotatable bonds is 5. The topological polar surface area (TPSA) is 73.8 Å². The summed E-state index contributed by atoms with van der Waals surface area (Å²) in [4.78, 5) is 22.2. The number of benzene rings is 2. The molecule has 2 aliphatic rings. The summed E-state index contributed by atoms with van der Waals surface area (Å²) < 4.78 is 25.8. The highest BCUT2D eigenvalue weighted by molar-refractivity contribution is 7.92. The highest BCUT2D eigenvalue weighted by atomic mass is 32.2. The summed E-state index contributed by atoms with van der Waals surface area (Å²) in [5.41, 5.74) is 4.43. The van der Waals surface area contributed by atoms with Gasteiger partial charge >= 0.3 is 0 Å². The first-order valence-corrected chi connectivity index (χ1v) is 14.2. The van der Waals surface area contributed by atoms with Gasteiger partial charge in [-0.05, 0) is 37.1 Å². The number of anilines is 1. The third-order valence-corrected chi connectivity index (χ3v) is 8.67. The van der Waals surface area contributed by atoms with Crippen molar-refractivity contribution in [3.8, 4) is 10.6 Å². The molecule has 7 nitrogen and oxygen atoms in total. The average Bonchev–Trinajstić information content (AvgIpc) is 3.42. The Labute approximate surface area is 204 Å². The van der Waals surface area contributed by atoms with Gasteiger partial charge in [0.2, 0.25) is 10.0 Å². The number of thiazole rings is 1. The summed E-state index contributed by atoms with van der Waals surface area (Å²) in [5.74, 6) is 0.00734.